The van der Waals surface area contributed by atoms with Gasteiger partial charge < -0.3 is 10.1 Å². The lowest BCUT2D eigenvalue weighted by Gasteiger charge is -2.10. The van der Waals surface area contributed by atoms with Crippen LogP contribution in [0, 0.1) is 5.92 Å². The lowest BCUT2D eigenvalue weighted by Crippen LogP contribution is -2.03. The maximum Gasteiger partial charge on any atom is 0.157 e. The molecule has 1 aliphatic rings. The molecule has 1 aromatic rings. The topological polar surface area (TPSA) is 47.0 Å². The summed E-state index contributed by atoms with van der Waals surface area (Å²) in [4.78, 5) is 8.88. The number of thioether (sulfide) groups is 1. The van der Waals surface area contributed by atoms with E-state index in [-0.39, 0.29) is 0 Å². The molecular formula is C13H21N3OS. The van der Waals surface area contributed by atoms with E-state index in [2.05, 4.69) is 15.3 Å². The molecule has 18 heavy (non-hydrogen) atoms. The van der Waals surface area contributed by atoms with Gasteiger partial charge in [0, 0.05) is 26.0 Å². The molecule has 5 heteroatoms. The van der Waals surface area contributed by atoms with E-state index in [9.17, 15) is 0 Å². The molecule has 4 nitrogen and oxygen atoms in total. The summed E-state index contributed by atoms with van der Waals surface area (Å²) in [5, 5.41) is 4.12. The molecule has 0 amide bonds. The normalized spacial score (nSPS) is 16.1. The average Bonchev–Trinajstić information content (AvgIpc) is 2.89. The molecule has 2 rings (SSSR count). The van der Waals surface area contributed by atoms with Crippen LogP contribution in [0.2, 0.25) is 0 Å². The molecule has 100 valence electrons. The van der Waals surface area contributed by atoms with Gasteiger partial charge in [-0.25, -0.2) is 9.97 Å². The molecule has 0 radical (unpaired) electrons. The summed E-state index contributed by atoms with van der Waals surface area (Å²) in [6.45, 7) is 0.465. The third kappa shape index (κ3) is 3.85. The Morgan fingerprint density at radius 1 is 1.39 bits per heavy atom. The van der Waals surface area contributed by atoms with Crippen LogP contribution in [-0.2, 0) is 11.3 Å². The van der Waals surface area contributed by atoms with Crippen LogP contribution >= 0.6 is 11.8 Å². The number of nitrogens with zero attached hydrogens (tertiary/aromatic N) is 2. The van der Waals surface area contributed by atoms with Crippen molar-refractivity contribution < 1.29 is 4.74 Å². The van der Waals surface area contributed by atoms with E-state index in [0.717, 1.165) is 22.6 Å². The zero-order valence-corrected chi connectivity index (χ0v) is 11.9. The van der Waals surface area contributed by atoms with Crippen LogP contribution in [0.25, 0.3) is 0 Å². The van der Waals surface area contributed by atoms with Gasteiger partial charge in [0.2, 0.25) is 0 Å². The van der Waals surface area contributed by atoms with Crippen LogP contribution in [0.3, 0.4) is 0 Å². The van der Waals surface area contributed by atoms with Gasteiger partial charge >= 0.3 is 0 Å². The number of hydrogen-bond donors (Lipinski definition) is 1. The minimum Gasteiger partial charge on any atom is -0.377 e. The zero-order valence-electron chi connectivity index (χ0n) is 11.1. The summed E-state index contributed by atoms with van der Waals surface area (Å²) >= 11 is 1.84. The molecule has 0 saturated heterocycles. The smallest absolute Gasteiger partial charge is 0.157 e. The van der Waals surface area contributed by atoms with Gasteiger partial charge in [0.25, 0.3) is 0 Å². The Morgan fingerprint density at radius 3 is 2.83 bits per heavy atom. The van der Waals surface area contributed by atoms with E-state index in [1.165, 1.54) is 31.4 Å². The Bertz CT molecular complexity index is 380. The van der Waals surface area contributed by atoms with Crippen LogP contribution < -0.4 is 5.32 Å². The number of ether oxygens (including phenoxy) is 1. The molecule has 0 unspecified atom stereocenters. The minimum absolute atomic E-state index is 0.465. The molecule has 1 aliphatic carbocycles. The van der Waals surface area contributed by atoms with Gasteiger partial charge in [0.1, 0.15) is 17.5 Å². The minimum atomic E-state index is 0.465. The molecule has 0 spiro atoms. The van der Waals surface area contributed by atoms with Crippen molar-refractivity contribution in [3.05, 3.63) is 11.9 Å². The summed E-state index contributed by atoms with van der Waals surface area (Å²) in [6.07, 6.45) is 5.54. The Kier molecular flexibility index (Phi) is 5.26. The van der Waals surface area contributed by atoms with Crippen LogP contribution in [0.15, 0.2) is 11.1 Å². The summed E-state index contributed by atoms with van der Waals surface area (Å²) in [7, 11) is 3.55. The van der Waals surface area contributed by atoms with Crippen molar-refractivity contribution in [1.29, 1.82) is 0 Å². The molecule has 0 aliphatic heterocycles. The van der Waals surface area contributed by atoms with Gasteiger partial charge in [-0.05, 0) is 18.8 Å². The number of rotatable bonds is 6. The lowest BCUT2D eigenvalue weighted by molar-refractivity contribution is 0.177. The highest BCUT2D eigenvalue weighted by Gasteiger charge is 2.15. The first-order chi connectivity index (χ1) is 8.81. The zero-order chi connectivity index (χ0) is 12.8. The first-order valence-electron chi connectivity index (χ1n) is 6.49. The van der Waals surface area contributed by atoms with E-state index in [1.54, 1.807) is 7.11 Å². The average molecular weight is 267 g/mol. The third-order valence-corrected chi connectivity index (χ3v) is 4.36. The van der Waals surface area contributed by atoms with E-state index in [0.29, 0.717) is 6.61 Å². The number of aromatic nitrogens is 2. The second-order valence-corrected chi connectivity index (χ2v) is 5.69. The molecule has 0 aromatic carbocycles. The van der Waals surface area contributed by atoms with Crippen LogP contribution in [0.1, 0.15) is 31.5 Å². The first kappa shape index (κ1) is 13.6. The highest BCUT2D eigenvalue weighted by molar-refractivity contribution is 7.99. The highest BCUT2D eigenvalue weighted by atomic mass is 32.2. The molecule has 1 aromatic heterocycles. The quantitative estimate of drug-likeness (QED) is 0.634. The van der Waals surface area contributed by atoms with E-state index < -0.39 is 0 Å². The predicted molar refractivity (Wildman–Crippen MR) is 75.0 cm³/mol. The molecule has 0 atom stereocenters. The predicted octanol–water partition coefficient (Wildman–Crippen LogP) is 2.95. The molecule has 0 bridgehead atoms. The number of hydrogen-bond acceptors (Lipinski definition) is 5. The van der Waals surface area contributed by atoms with Crippen molar-refractivity contribution in [2.24, 2.45) is 5.92 Å². The van der Waals surface area contributed by atoms with E-state index >= 15 is 0 Å². The SMILES string of the molecule is CNc1cc(SCC2CCCC2)nc(COC)n1. The van der Waals surface area contributed by atoms with E-state index in [1.807, 2.05) is 24.9 Å². The molecule has 1 N–H and O–H groups in total. The molecular weight excluding hydrogens is 246 g/mol. The fourth-order valence-electron chi connectivity index (χ4n) is 2.25. The van der Waals surface area contributed by atoms with Gasteiger partial charge in [0.05, 0.1) is 0 Å². The number of methoxy groups -OCH3 is 1. The first-order valence-corrected chi connectivity index (χ1v) is 7.48. The van der Waals surface area contributed by atoms with Gasteiger partial charge in [0.15, 0.2) is 5.82 Å². The van der Waals surface area contributed by atoms with Crippen molar-refractivity contribution in [2.45, 2.75) is 37.3 Å². The summed E-state index contributed by atoms with van der Waals surface area (Å²) in [5.74, 6) is 3.66. The molecule has 1 saturated carbocycles. The monoisotopic (exact) mass is 267 g/mol. The largest absolute Gasteiger partial charge is 0.377 e. The van der Waals surface area contributed by atoms with Gasteiger partial charge in [-0.1, -0.05) is 12.8 Å². The maximum atomic E-state index is 5.10. The van der Waals surface area contributed by atoms with Gasteiger partial charge in [-0.15, -0.1) is 11.8 Å². The van der Waals surface area contributed by atoms with Crippen LogP contribution in [0.5, 0.6) is 0 Å². The summed E-state index contributed by atoms with van der Waals surface area (Å²) in [5.41, 5.74) is 0. The van der Waals surface area contributed by atoms with Crippen molar-refractivity contribution >= 4 is 17.6 Å². The van der Waals surface area contributed by atoms with E-state index in [4.69, 9.17) is 4.74 Å². The van der Waals surface area contributed by atoms with Crippen molar-refractivity contribution in [3.63, 3.8) is 0 Å². The Balaban J connectivity index is 1.98. The third-order valence-electron chi connectivity index (χ3n) is 3.22. The van der Waals surface area contributed by atoms with Crippen molar-refractivity contribution in [3.8, 4) is 0 Å². The van der Waals surface area contributed by atoms with Gasteiger partial charge in [-0.3, -0.25) is 0 Å². The Morgan fingerprint density at radius 2 is 2.17 bits per heavy atom. The molecule has 1 fully saturated rings. The standard InChI is InChI=1S/C13H21N3OS/c1-14-11-7-13(16-12(15-11)8-17-2)18-9-10-5-3-4-6-10/h7,10H,3-6,8-9H2,1-2H3,(H,14,15,16). The fourth-order valence-corrected chi connectivity index (χ4v) is 3.35. The van der Waals surface area contributed by atoms with Crippen molar-refractivity contribution in [2.75, 3.05) is 25.2 Å². The number of nitrogens with one attached hydrogen (secondary N) is 1. The summed E-state index contributed by atoms with van der Waals surface area (Å²) < 4.78 is 5.10. The fraction of sp³-hybridized carbons (Fsp3) is 0.692. The lowest BCUT2D eigenvalue weighted by atomic mass is 10.1. The highest BCUT2D eigenvalue weighted by Crippen LogP contribution is 2.30. The maximum absolute atomic E-state index is 5.10. The second kappa shape index (κ2) is 6.95. The summed E-state index contributed by atoms with van der Waals surface area (Å²) in [6, 6.07) is 2.01. The van der Waals surface area contributed by atoms with Crippen LogP contribution in [-0.4, -0.2) is 29.9 Å². The Hall–Kier alpha value is -0.810. The number of anilines is 1. The van der Waals surface area contributed by atoms with Gasteiger partial charge in [-0.2, -0.15) is 0 Å². The van der Waals surface area contributed by atoms with Crippen LogP contribution in [0.4, 0.5) is 5.82 Å². The Labute approximate surface area is 113 Å². The molecule has 1 heterocycles. The second-order valence-electron chi connectivity index (χ2n) is 4.65. The van der Waals surface area contributed by atoms with Crippen molar-refractivity contribution in [1.82, 2.24) is 9.97 Å².